The Bertz CT molecular complexity index is 2380. The summed E-state index contributed by atoms with van der Waals surface area (Å²) in [5.41, 5.74) is -0.423. The molecule has 0 spiro atoms. The molecule has 2 saturated heterocycles. The topological polar surface area (TPSA) is 174 Å². The number of aliphatic hydroxyl groups is 1. The number of carbonyl (C=O) groups is 5. The largest absolute Gasteiger partial charge is 0.433 e. The first-order chi connectivity index (χ1) is 29.0. The number of aromatic nitrogens is 2. The van der Waals surface area contributed by atoms with Gasteiger partial charge in [0.1, 0.15) is 17.4 Å². The fraction of sp³-hybridized carbons (Fsp3) is 0.477. The number of benzene rings is 2. The molecule has 4 N–H and O–H groups in total. The van der Waals surface area contributed by atoms with E-state index in [1.54, 1.807) is 44.2 Å². The first kappa shape index (κ1) is 42.4. The minimum atomic E-state index is -4.69. The zero-order valence-electron chi connectivity index (χ0n) is 33.9. The minimum absolute atomic E-state index is 0.0709. The molecular formula is C44H48F3N7O6S. The SMILES string of the molecule is CC(C)(O)c1cc2nc([C@H]3CC[C@H](CN4CCC(CCNc5cccc6c5C(=O)N([C@H]5CCC(=O)NC5=O)C6=O)CC4)CC3)sc2cc1NC(=O)c1cccc(C(F)(F)F)n1. The summed E-state index contributed by atoms with van der Waals surface area (Å²) >= 11 is 1.54. The van der Waals surface area contributed by atoms with Crippen LogP contribution in [0, 0.1) is 11.8 Å². The van der Waals surface area contributed by atoms with E-state index >= 15 is 0 Å². The van der Waals surface area contributed by atoms with Gasteiger partial charge in [0.05, 0.1) is 32.0 Å². The van der Waals surface area contributed by atoms with Gasteiger partial charge in [0.15, 0.2) is 0 Å². The van der Waals surface area contributed by atoms with Gasteiger partial charge in [-0.25, -0.2) is 9.97 Å². The van der Waals surface area contributed by atoms with Crippen LogP contribution in [0.15, 0.2) is 48.5 Å². The van der Waals surface area contributed by atoms with Gasteiger partial charge in [-0.05, 0) is 127 Å². The molecule has 3 aliphatic heterocycles. The number of piperidine rings is 2. The van der Waals surface area contributed by atoms with Crippen LogP contribution >= 0.6 is 11.3 Å². The zero-order chi connectivity index (χ0) is 43.2. The highest BCUT2D eigenvalue weighted by Gasteiger charge is 2.45. The van der Waals surface area contributed by atoms with Crippen molar-refractivity contribution < 1.29 is 42.3 Å². The van der Waals surface area contributed by atoms with E-state index in [1.165, 1.54) is 17.4 Å². The fourth-order valence-corrected chi connectivity index (χ4v) is 10.3. The number of rotatable bonds is 11. The Morgan fingerprint density at radius 3 is 2.34 bits per heavy atom. The molecule has 17 heteroatoms. The van der Waals surface area contributed by atoms with Crippen LogP contribution in [0.1, 0.15) is 125 Å². The van der Waals surface area contributed by atoms with E-state index in [2.05, 4.69) is 25.8 Å². The number of pyridine rings is 1. The van der Waals surface area contributed by atoms with E-state index < -0.39 is 53.0 Å². The van der Waals surface area contributed by atoms with Crippen molar-refractivity contribution in [3.05, 3.63) is 81.6 Å². The van der Waals surface area contributed by atoms with Crippen molar-refractivity contribution in [2.24, 2.45) is 11.8 Å². The van der Waals surface area contributed by atoms with Gasteiger partial charge in [0.2, 0.25) is 11.8 Å². The molecule has 0 unspecified atom stereocenters. The highest BCUT2D eigenvalue weighted by Crippen LogP contribution is 2.42. The van der Waals surface area contributed by atoms with E-state index in [0.29, 0.717) is 35.1 Å². The number of anilines is 2. The first-order valence-electron chi connectivity index (χ1n) is 20.9. The number of nitrogens with one attached hydrogen (secondary N) is 3. The van der Waals surface area contributed by atoms with Crippen LogP contribution in [0.2, 0.25) is 0 Å². The van der Waals surface area contributed by atoms with Gasteiger partial charge in [-0.1, -0.05) is 12.1 Å². The molecule has 61 heavy (non-hydrogen) atoms. The number of hydrogen-bond acceptors (Lipinski definition) is 11. The lowest BCUT2D eigenvalue weighted by molar-refractivity contribution is -0.141. The number of fused-ring (bicyclic) bond motifs is 2. The molecule has 1 aliphatic carbocycles. The molecule has 2 aromatic carbocycles. The van der Waals surface area contributed by atoms with Crippen LogP contribution in [0.5, 0.6) is 0 Å². The number of likely N-dealkylation sites (tertiary alicyclic amines) is 1. The maximum atomic E-state index is 13.4. The normalized spacial score (nSPS) is 21.8. The third-order valence-electron chi connectivity index (χ3n) is 12.5. The summed E-state index contributed by atoms with van der Waals surface area (Å²) < 4.78 is 40.6. The van der Waals surface area contributed by atoms with Crippen molar-refractivity contribution in [1.29, 1.82) is 0 Å². The first-order valence-corrected chi connectivity index (χ1v) is 21.7. The second-order valence-corrected chi connectivity index (χ2v) is 18.3. The van der Waals surface area contributed by atoms with Gasteiger partial charge in [-0.15, -0.1) is 11.3 Å². The Labute approximate surface area is 354 Å². The molecule has 4 aromatic rings. The van der Waals surface area contributed by atoms with Crippen LogP contribution in [0.4, 0.5) is 24.5 Å². The molecule has 5 amide bonds. The Morgan fingerprint density at radius 1 is 0.902 bits per heavy atom. The lowest BCUT2D eigenvalue weighted by atomic mass is 9.81. The van der Waals surface area contributed by atoms with Crippen molar-refractivity contribution in [2.75, 3.05) is 36.8 Å². The summed E-state index contributed by atoms with van der Waals surface area (Å²) in [6.45, 7) is 6.88. The molecule has 2 aromatic heterocycles. The molecule has 0 bridgehead atoms. The van der Waals surface area contributed by atoms with Gasteiger partial charge in [-0.3, -0.25) is 34.2 Å². The van der Waals surface area contributed by atoms with Crippen LogP contribution in [0.3, 0.4) is 0 Å². The molecule has 13 nitrogen and oxygen atoms in total. The number of nitrogens with zero attached hydrogens (tertiary/aromatic N) is 4. The third-order valence-corrected chi connectivity index (χ3v) is 13.7. The van der Waals surface area contributed by atoms with Crippen molar-refractivity contribution in [3.63, 3.8) is 0 Å². The Kier molecular flexibility index (Phi) is 11.8. The van der Waals surface area contributed by atoms with E-state index in [4.69, 9.17) is 4.98 Å². The molecule has 4 aliphatic rings. The lowest BCUT2D eigenvalue weighted by Crippen LogP contribution is -2.54. The molecule has 3 fully saturated rings. The number of thiazole rings is 1. The van der Waals surface area contributed by atoms with Crippen LogP contribution < -0.4 is 16.0 Å². The average Bonchev–Trinajstić information content (AvgIpc) is 3.75. The summed E-state index contributed by atoms with van der Waals surface area (Å²) in [4.78, 5) is 75.9. The number of imide groups is 2. The minimum Gasteiger partial charge on any atom is -0.386 e. The predicted molar refractivity (Wildman–Crippen MR) is 222 cm³/mol. The molecule has 1 saturated carbocycles. The quantitative estimate of drug-likeness (QED) is 0.114. The smallest absolute Gasteiger partial charge is 0.386 e. The summed E-state index contributed by atoms with van der Waals surface area (Å²) in [5.74, 6) is -1.50. The second kappa shape index (κ2) is 16.9. The summed E-state index contributed by atoms with van der Waals surface area (Å²) in [7, 11) is 0. The van der Waals surface area contributed by atoms with Crippen molar-refractivity contribution in [2.45, 2.75) is 95.4 Å². The summed E-state index contributed by atoms with van der Waals surface area (Å²) in [6, 6.07) is 10.7. The average molecular weight is 860 g/mol. The highest BCUT2D eigenvalue weighted by molar-refractivity contribution is 7.18. The lowest BCUT2D eigenvalue weighted by Gasteiger charge is -2.36. The number of halogens is 3. The number of alkyl halides is 3. The van der Waals surface area contributed by atoms with E-state index in [1.807, 2.05) is 0 Å². The second-order valence-electron chi connectivity index (χ2n) is 17.2. The van der Waals surface area contributed by atoms with Crippen LogP contribution in [-0.2, 0) is 21.4 Å². The molecule has 0 radical (unpaired) electrons. The monoisotopic (exact) mass is 859 g/mol. The predicted octanol–water partition coefficient (Wildman–Crippen LogP) is 7.08. The van der Waals surface area contributed by atoms with Gasteiger partial charge >= 0.3 is 6.18 Å². The fourth-order valence-electron chi connectivity index (χ4n) is 9.17. The van der Waals surface area contributed by atoms with E-state index in [-0.39, 0.29) is 41.3 Å². The third kappa shape index (κ3) is 9.05. The Hall–Kier alpha value is -5.26. The van der Waals surface area contributed by atoms with Crippen molar-refractivity contribution >= 4 is 62.5 Å². The van der Waals surface area contributed by atoms with Crippen molar-refractivity contribution in [3.8, 4) is 0 Å². The maximum absolute atomic E-state index is 13.4. The molecular weight excluding hydrogens is 812 g/mol. The Balaban J connectivity index is 0.811. The maximum Gasteiger partial charge on any atom is 0.433 e. The standard InChI is InChI=1S/C44H48F3N7O6S/c1-43(2,60)28-21-32-34(22-31(28)50-38(56)30-7-4-8-35(49-30)44(45,46)47)61-40(51-32)26-11-9-25(10-12-26)23-53-19-16-24(17-20-53)15-18-48-29-6-3-5-27-37(29)42(59)54(41(27)58)33-13-14-36(55)52-39(33)57/h3-8,21-22,24-26,33,48,60H,9-20,23H2,1-2H3,(H,50,56)(H,52,55,57)/t25-,26-,33-/m0/s1. The van der Waals surface area contributed by atoms with Crippen molar-refractivity contribution in [1.82, 2.24) is 25.1 Å². The Morgan fingerprint density at radius 2 is 1.64 bits per heavy atom. The summed E-state index contributed by atoms with van der Waals surface area (Å²) in [5, 5.41) is 20.3. The number of amides is 5. The molecule has 8 rings (SSSR count). The summed E-state index contributed by atoms with van der Waals surface area (Å²) in [6.07, 6.45) is 2.70. The van der Waals surface area contributed by atoms with Crippen LogP contribution in [0.25, 0.3) is 10.2 Å². The molecule has 1 atom stereocenters. The zero-order valence-corrected chi connectivity index (χ0v) is 34.8. The van der Waals surface area contributed by atoms with Gasteiger partial charge < -0.3 is 20.6 Å². The number of hydrogen-bond donors (Lipinski definition) is 4. The molecule has 5 heterocycles. The van der Waals surface area contributed by atoms with Crippen LogP contribution in [-0.4, -0.2) is 86.6 Å². The van der Waals surface area contributed by atoms with Gasteiger partial charge in [-0.2, -0.15) is 13.2 Å². The number of carbonyl (C=O) groups excluding carboxylic acids is 5. The highest BCUT2D eigenvalue weighted by atomic mass is 32.1. The van der Waals surface area contributed by atoms with Gasteiger partial charge in [0, 0.05) is 42.4 Å². The van der Waals surface area contributed by atoms with E-state index in [0.717, 1.165) is 91.3 Å². The van der Waals surface area contributed by atoms with Gasteiger partial charge in [0.25, 0.3) is 17.7 Å². The van der Waals surface area contributed by atoms with E-state index in [9.17, 15) is 42.3 Å². The molecule has 322 valence electrons.